The summed E-state index contributed by atoms with van der Waals surface area (Å²) in [5, 5.41) is 11.8. The van der Waals surface area contributed by atoms with Gasteiger partial charge in [0.15, 0.2) is 0 Å². The zero-order chi connectivity index (χ0) is 13.3. The molecule has 0 aromatic heterocycles. The molecule has 0 bridgehead atoms. The lowest BCUT2D eigenvalue weighted by molar-refractivity contribution is -0.0322. The standard InChI is InChI=1S/C14H19Cl2NO/c1-10(2)17-8-6-14(18,7-9-17)11-4-3-5-12(15)13(11)16/h3-5,10,18H,6-9H2,1-2H3. The first-order chi connectivity index (χ1) is 8.44. The van der Waals surface area contributed by atoms with Crippen LogP contribution in [0.15, 0.2) is 18.2 Å². The summed E-state index contributed by atoms with van der Waals surface area (Å²) < 4.78 is 0. The highest BCUT2D eigenvalue weighted by molar-refractivity contribution is 6.42. The van der Waals surface area contributed by atoms with E-state index in [1.165, 1.54) is 0 Å². The molecule has 2 nitrogen and oxygen atoms in total. The van der Waals surface area contributed by atoms with E-state index in [4.69, 9.17) is 23.2 Å². The molecule has 1 aliphatic heterocycles. The average Bonchev–Trinajstić information content (AvgIpc) is 2.33. The maximum Gasteiger partial charge on any atom is 0.0935 e. The van der Waals surface area contributed by atoms with Crippen LogP contribution in [0.2, 0.25) is 10.0 Å². The molecule has 0 radical (unpaired) electrons. The molecule has 1 heterocycles. The Hall–Kier alpha value is -0.280. The second kappa shape index (κ2) is 5.38. The van der Waals surface area contributed by atoms with Gasteiger partial charge in [-0.3, -0.25) is 0 Å². The van der Waals surface area contributed by atoms with E-state index >= 15 is 0 Å². The van der Waals surface area contributed by atoms with E-state index in [-0.39, 0.29) is 0 Å². The zero-order valence-electron chi connectivity index (χ0n) is 10.8. The predicted molar refractivity (Wildman–Crippen MR) is 76.3 cm³/mol. The van der Waals surface area contributed by atoms with Crippen molar-refractivity contribution >= 4 is 23.2 Å². The zero-order valence-corrected chi connectivity index (χ0v) is 12.3. The highest BCUT2D eigenvalue weighted by Gasteiger charge is 2.36. The smallest absolute Gasteiger partial charge is 0.0935 e. The third-order valence-corrected chi connectivity index (χ3v) is 4.63. The van der Waals surface area contributed by atoms with Crippen LogP contribution in [0, 0.1) is 0 Å². The molecule has 4 heteroatoms. The monoisotopic (exact) mass is 287 g/mol. The average molecular weight is 288 g/mol. The molecule has 100 valence electrons. The molecular weight excluding hydrogens is 269 g/mol. The van der Waals surface area contributed by atoms with Crippen LogP contribution < -0.4 is 0 Å². The number of aliphatic hydroxyl groups is 1. The minimum atomic E-state index is -0.840. The molecule has 1 saturated heterocycles. The molecule has 1 aromatic rings. The van der Waals surface area contributed by atoms with Crippen LogP contribution >= 0.6 is 23.2 Å². The molecule has 0 spiro atoms. The molecular formula is C14H19Cl2NO. The number of nitrogens with zero attached hydrogens (tertiary/aromatic N) is 1. The molecule has 0 amide bonds. The van der Waals surface area contributed by atoms with Gasteiger partial charge >= 0.3 is 0 Å². The lowest BCUT2D eigenvalue weighted by Crippen LogP contribution is -2.45. The van der Waals surface area contributed by atoms with Gasteiger partial charge in [-0.2, -0.15) is 0 Å². The van der Waals surface area contributed by atoms with E-state index in [1.807, 2.05) is 12.1 Å². The largest absolute Gasteiger partial charge is 0.385 e. The summed E-state index contributed by atoms with van der Waals surface area (Å²) in [4.78, 5) is 2.37. The molecule has 1 N–H and O–H groups in total. The van der Waals surface area contributed by atoms with E-state index in [2.05, 4.69) is 18.7 Å². The Balaban J connectivity index is 2.21. The molecule has 0 unspecified atom stereocenters. The summed E-state index contributed by atoms with van der Waals surface area (Å²) in [7, 11) is 0. The minimum Gasteiger partial charge on any atom is -0.385 e. The summed E-state index contributed by atoms with van der Waals surface area (Å²) in [6.45, 7) is 6.13. The highest BCUT2D eigenvalue weighted by atomic mass is 35.5. The number of halogens is 2. The van der Waals surface area contributed by atoms with Gasteiger partial charge in [0.05, 0.1) is 15.6 Å². The van der Waals surface area contributed by atoms with Crippen LogP contribution in [0.25, 0.3) is 0 Å². The molecule has 2 rings (SSSR count). The molecule has 1 aliphatic rings. The number of rotatable bonds is 2. The molecule has 1 fully saturated rings. The quantitative estimate of drug-likeness (QED) is 0.897. The second-order valence-electron chi connectivity index (χ2n) is 5.26. The number of piperidine rings is 1. The lowest BCUT2D eigenvalue weighted by Gasteiger charge is -2.40. The lowest BCUT2D eigenvalue weighted by atomic mass is 9.84. The number of likely N-dealkylation sites (tertiary alicyclic amines) is 1. The van der Waals surface area contributed by atoms with Gasteiger partial charge in [0, 0.05) is 24.7 Å². The Labute approximate surface area is 119 Å². The topological polar surface area (TPSA) is 23.5 Å². The van der Waals surface area contributed by atoms with E-state index in [1.54, 1.807) is 6.07 Å². The first-order valence-corrected chi connectivity index (χ1v) is 7.10. The van der Waals surface area contributed by atoms with E-state index < -0.39 is 5.60 Å². The van der Waals surface area contributed by atoms with Gasteiger partial charge in [0.1, 0.15) is 0 Å². The van der Waals surface area contributed by atoms with Crippen LogP contribution in [0.5, 0.6) is 0 Å². The summed E-state index contributed by atoms with van der Waals surface area (Å²) >= 11 is 12.2. The molecule has 18 heavy (non-hydrogen) atoms. The van der Waals surface area contributed by atoms with Crippen LogP contribution in [-0.2, 0) is 5.60 Å². The van der Waals surface area contributed by atoms with Gasteiger partial charge in [-0.25, -0.2) is 0 Å². The summed E-state index contributed by atoms with van der Waals surface area (Å²) in [6, 6.07) is 5.99. The van der Waals surface area contributed by atoms with Gasteiger partial charge in [0.25, 0.3) is 0 Å². The maximum absolute atomic E-state index is 10.8. The van der Waals surface area contributed by atoms with Crippen LogP contribution in [0.4, 0.5) is 0 Å². The fourth-order valence-electron chi connectivity index (χ4n) is 2.54. The SMILES string of the molecule is CC(C)N1CCC(O)(c2cccc(Cl)c2Cl)CC1. The summed E-state index contributed by atoms with van der Waals surface area (Å²) in [6.07, 6.45) is 1.40. The number of hydrogen-bond donors (Lipinski definition) is 1. The van der Waals surface area contributed by atoms with Crippen LogP contribution in [0.3, 0.4) is 0 Å². The first-order valence-electron chi connectivity index (χ1n) is 6.35. The van der Waals surface area contributed by atoms with Gasteiger partial charge < -0.3 is 10.0 Å². The molecule has 0 saturated carbocycles. The van der Waals surface area contributed by atoms with Gasteiger partial charge in [0.2, 0.25) is 0 Å². The Bertz CT molecular complexity index is 426. The van der Waals surface area contributed by atoms with E-state index in [9.17, 15) is 5.11 Å². The van der Waals surface area contributed by atoms with Crippen molar-refractivity contribution in [1.82, 2.24) is 4.90 Å². The normalized spacial score (nSPS) is 20.3. The van der Waals surface area contributed by atoms with Crippen molar-refractivity contribution in [3.63, 3.8) is 0 Å². The van der Waals surface area contributed by atoms with Crippen LogP contribution in [-0.4, -0.2) is 29.1 Å². The highest BCUT2D eigenvalue weighted by Crippen LogP contribution is 2.39. The third kappa shape index (κ3) is 2.67. The Morgan fingerprint density at radius 2 is 1.83 bits per heavy atom. The fourth-order valence-corrected chi connectivity index (χ4v) is 3.02. The summed E-state index contributed by atoms with van der Waals surface area (Å²) in [5.74, 6) is 0. The minimum absolute atomic E-state index is 0.486. The molecule has 0 aliphatic carbocycles. The van der Waals surface area contributed by atoms with Crippen molar-refractivity contribution in [2.75, 3.05) is 13.1 Å². The van der Waals surface area contributed by atoms with Crippen molar-refractivity contribution in [2.24, 2.45) is 0 Å². The second-order valence-corrected chi connectivity index (χ2v) is 6.05. The van der Waals surface area contributed by atoms with E-state index in [0.29, 0.717) is 28.9 Å². The Morgan fingerprint density at radius 1 is 1.22 bits per heavy atom. The first kappa shape index (κ1) is 14.1. The van der Waals surface area contributed by atoms with E-state index in [0.717, 1.165) is 18.7 Å². The van der Waals surface area contributed by atoms with Gasteiger partial charge in [-0.15, -0.1) is 0 Å². The maximum atomic E-state index is 10.8. The van der Waals surface area contributed by atoms with Crippen molar-refractivity contribution in [1.29, 1.82) is 0 Å². The van der Waals surface area contributed by atoms with Crippen molar-refractivity contribution in [2.45, 2.75) is 38.3 Å². The Morgan fingerprint density at radius 3 is 2.39 bits per heavy atom. The van der Waals surface area contributed by atoms with Crippen molar-refractivity contribution < 1.29 is 5.11 Å². The third-order valence-electron chi connectivity index (χ3n) is 3.81. The number of hydrogen-bond acceptors (Lipinski definition) is 2. The Kier molecular flexibility index (Phi) is 4.22. The number of benzene rings is 1. The fraction of sp³-hybridized carbons (Fsp3) is 0.571. The van der Waals surface area contributed by atoms with Gasteiger partial charge in [-0.1, -0.05) is 35.3 Å². The van der Waals surface area contributed by atoms with Crippen molar-refractivity contribution in [3.05, 3.63) is 33.8 Å². The van der Waals surface area contributed by atoms with Crippen LogP contribution in [0.1, 0.15) is 32.3 Å². The molecule has 1 aromatic carbocycles. The summed E-state index contributed by atoms with van der Waals surface area (Å²) in [5.41, 5.74) is -0.0760. The molecule has 0 atom stereocenters. The van der Waals surface area contributed by atoms with Gasteiger partial charge in [-0.05, 0) is 32.8 Å². The van der Waals surface area contributed by atoms with Crippen molar-refractivity contribution in [3.8, 4) is 0 Å². The predicted octanol–water partition coefficient (Wildman–Crippen LogP) is 3.69.